The SMILES string of the molecule is CCCC(C)(C)OCCCC(C)(C)N. The van der Waals surface area contributed by atoms with Crippen molar-refractivity contribution in [3.05, 3.63) is 0 Å². The van der Waals surface area contributed by atoms with Crippen molar-refractivity contribution in [1.29, 1.82) is 0 Å². The Hall–Kier alpha value is -0.0800. The molecule has 0 rings (SSSR count). The Balaban J connectivity index is 3.54. The van der Waals surface area contributed by atoms with Crippen molar-refractivity contribution in [2.24, 2.45) is 5.73 Å². The van der Waals surface area contributed by atoms with Crippen LogP contribution >= 0.6 is 0 Å². The van der Waals surface area contributed by atoms with Crippen LogP contribution in [0.25, 0.3) is 0 Å². The molecule has 0 amide bonds. The average molecular weight is 201 g/mol. The molecule has 0 bridgehead atoms. The zero-order valence-electron chi connectivity index (χ0n) is 10.5. The fraction of sp³-hybridized carbons (Fsp3) is 1.00. The molecule has 0 heterocycles. The van der Waals surface area contributed by atoms with E-state index in [-0.39, 0.29) is 11.1 Å². The fourth-order valence-corrected chi connectivity index (χ4v) is 1.55. The zero-order valence-corrected chi connectivity index (χ0v) is 10.5. The summed E-state index contributed by atoms with van der Waals surface area (Å²) in [5, 5.41) is 0. The van der Waals surface area contributed by atoms with Gasteiger partial charge in [0.15, 0.2) is 0 Å². The first-order chi connectivity index (χ1) is 6.27. The smallest absolute Gasteiger partial charge is 0.0626 e. The van der Waals surface area contributed by atoms with Gasteiger partial charge in [0.1, 0.15) is 0 Å². The van der Waals surface area contributed by atoms with Crippen LogP contribution in [0, 0.1) is 0 Å². The van der Waals surface area contributed by atoms with E-state index in [4.69, 9.17) is 10.5 Å². The third-order valence-corrected chi connectivity index (χ3v) is 2.31. The van der Waals surface area contributed by atoms with Gasteiger partial charge in [-0.15, -0.1) is 0 Å². The van der Waals surface area contributed by atoms with E-state index in [1.807, 2.05) is 0 Å². The lowest BCUT2D eigenvalue weighted by Crippen LogP contribution is -2.32. The monoisotopic (exact) mass is 201 g/mol. The van der Waals surface area contributed by atoms with Gasteiger partial charge in [-0.1, -0.05) is 13.3 Å². The van der Waals surface area contributed by atoms with Crippen molar-refractivity contribution in [3.8, 4) is 0 Å². The molecule has 2 nitrogen and oxygen atoms in total. The Kier molecular flexibility index (Phi) is 5.68. The molecule has 86 valence electrons. The molecule has 0 aromatic carbocycles. The summed E-state index contributed by atoms with van der Waals surface area (Å²) in [6.07, 6.45) is 4.38. The van der Waals surface area contributed by atoms with Crippen molar-refractivity contribution in [3.63, 3.8) is 0 Å². The van der Waals surface area contributed by atoms with Crippen molar-refractivity contribution in [2.75, 3.05) is 6.61 Å². The zero-order chi connectivity index (χ0) is 11.2. The van der Waals surface area contributed by atoms with Crippen LogP contribution in [0.4, 0.5) is 0 Å². The Morgan fingerprint density at radius 1 is 1.07 bits per heavy atom. The Labute approximate surface area is 89.2 Å². The van der Waals surface area contributed by atoms with Crippen LogP contribution in [0.15, 0.2) is 0 Å². The van der Waals surface area contributed by atoms with Gasteiger partial charge in [0, 0.05) is 12.1 Å². The summed E-state index contributed by atoms with van der Waals surface area (Å²) < 4.78 is 5.81. The van der Waals surface area contributed by atoms with Crippen LogP contribution < -0.4 is 5.73 Å². The summed E-state index contributed by atoms with van der Waals surface area (Å²) in [5.74, 6) is 0. The lowest BCUT2D eigenvalue weighted by atomic mass is 10.00. The first-order valence-electron chi connectivity index (χ1n) is 5.70. The molecule has 0 aromatic rings. The lowest BCUT2D eigenvalue weighted by Gasteiger charge is -2.26. The van der Waals surface area contributed by atoms with Crippen LogP contribution in [0.3, 0.4) is 0 Å². The second-order valence-electron chi connectivity index (χ2n) is 5.45. The highest BCUT2D eigenvalue weighted by molar-refractivity contribution is 4.72. The number of hydrogen-bond donors (Lipinski definition) is 1. The number of rotatable bonds is 7. The van der Waals surface area contributed by atoms with E-state index in [1.165, 1.54) is 6.42 Å². The van der Waals surface area contributed by atoms with E-state index >= 15 is 0 Å². The first-order valence-corrected chi connectivity index (χ1v) is 5.70. The van der Waals surface area contributed by atoms with E-state index in [0.717, 1.165) is 25.9 Å². The predicted octanol–water partition coefficient (Wildman–Crippen LogP) is 3.10. The summed E-state index contributed by atoms with van der Waals surface area (Å²) in [7, 11) is 0. The van der Waals surface area contributed by atoms with Gasteiger partial charge in [0.25, 0.3) is 0 Å². The van der Waals surface area contributed by atoms with Crippen LogP contribution in [-0.4, -0.2) is 17.7 Å². The minimum atomic E-state index is -0.0573. The highest BCUT2D eigenvalue weighted by Crippen LogP contribution is 2.17. The summed E-state index contributed by atoms with van der Waals surface area (Å²) >= 11 is 0. The number of ether oxygens (including phenoxy) is 1. The summed E-state index contributed by atoms with van der Waals surface area (Å²) in [5.41, 5.74) is 5.87. The molecule has 0 spiro atoms. The van der Waals surface area contributed by atoms with Crippen molar-refractivity contribution in [2.45, 2.75) is 71.4 Å². The molecule has 0 saturated carbocycles. The lowest BCUT2D eigenvalue weighted by molar-refractivity contribution is -0.0265. The highest BCUT2D eigenvalue weighted by Gasteiger charge is 2.17. The maximum atomic E-state index is 5.89. The quantitative estimate of drug-likeness (QED) is 0.642. The minimum Gasteiger partial charge on any atom is -0.376 e. The van der Waals surface area contributed by atoms with E-state index in [1.54, 1.807) is 0 Å². The third kappa shape index (κ3) is 8.52. The third-order valence-electron chi connectivity index (χ3n) is 2.31. The van der Waals surface area contributed by atoms with Gasteiger partial charge in [-0.3, -0.25) is 0 Å². The van der Waals surface area contributed by atoms with Gasteiger partial charge in [-0.25, -0.2) is 0 Å². The van der Waals surface area contributed by atoms with Crippen molar-refractivity contribution < 1.29 is 4.74 Å². The second-order valence-corrected chi connectivity index (χ2v) is 5.45. The molecule has 0 aromatic heterocycles. The standard InChI is InChI=1S/C12H27NO/c1-6-8-12(4,5)14-10-7-9-11(2,3)13/h6-10,13H2,1-5H3. The molecule has 0 aliphatic carbocycles. The number of nitrogens with two attached hydrogens (primary N) is 1. The Morgan fingerprint density at radius 2 is 1.64 bits per heavy atom. The molecule has 14 heavy (non-hydrogen) atoms. The molecule has 0 aliphatic rings. The van der Waals surface area contributed by atoms with Crippen molar-refractivity contribution >= 4 is 0 Å². The summed E-state index contributed by atoms with van der Waals surface area (Å²) in [6.45, 7) is 11.4. The molecule has 0 saturated heterocycles. The Bertz CT molecular complexity index is 147. The summed E-state index contributed by atoms with van der Waals surface area (Å²) in [6, 6.07) is 0. The molecular formula is C12H27NO. The van der Waals surface area contributed by atoms with Gasteiger partial charge in [0.05, 0.1) is 5.60 Å². The van der Waals surface area contributed by atoms with Crippen LogP contribution in [0.5, 0.6) is 0 Å². The van der Waals surface area contributed by atoms with Crippen LogP contribution in [-0.2, 0) is 4.74 Å². The largest absolute Gasteiger partial charge is 0.376 e. The molecular weight excluding hydrogens is 174 g/mol. The molecule has 2 heteroatoms. The normalized spacial score (nSPS) is 13.3. The van der Waals surface area contributed by atoms with E-state index in [9.17, 15) is 0 Å². The van der Waals surface area contributed by atoms with Gasteiger partial charge < -0.3 is 10.5 Å². The van der Waals surface area contributed by atoms with E-state index < -0.39 is 0 Å². The predicted molar refractivity (Wildman–Crippen MR) is 62.4 cm³/mol. The first kappa shape index (κ1) is 13.9. The summed E-state index contributed by atoms with van der Waals surface area (Å²) in [4.78, 5) is 0. The molecule has 0 atom stereocenters. The van der Waals surface area contributed by atoms with Gasteiger partial charge in [0.2, 0.25) is 0 Å². The van der Waals surface area contributed by atoms with E-state index in [2.05, 4.69) is 34.6 Å². The van der Waals surface area contributed by atoms with Gasteiger partial charge >= 0.3 is 0 Å². The maximum absolute atomic E-state index is 5.89. The molecule has 0 unspecified atom stereocenters. The highest BCUT2D eigenvalue weighted by atomic mass is 16.5. The van der Waals surface area contributed by atoms with Crippen LogP contribution in [0.2, 0.25) is 0 Å². The number of hydrogen-bond acceptors (Lipinski definition) is 2. The maximum Gasteiger partial charge on any atom is 0.0626 e. The van der Waals surface area contributed by atoms with Crippen molar-refractivity contribution in [1.82, 2.24) is 0 Å². The van der Waals surface area contributed by atoms with Crippen LogP contribution in [0.1, 0.15) is 60.3 Å². The minimum absolute atomic E-state index is 0.0352. The van der Waals surface area contributed by atoms with E-state index in [0.29, 0.717) is 0 Å². The Morgan fingerprint density at radius 3 is 2.07 bits per heavy atom. The second kappa shape index (κ2) is 5.72. The van der Waals surface area contributed by atoms with Gasteiger partial charge in [-0.05, 0) is 47.0 Å². The molecule has 0 fully saturated rings. The molecule has 0 aliphatic heterocycles. The topological polar surface area (TPSA) is 35.2 Å². The average Bonchev–Trinajstić information content (AvgIpc) is 1.96. The molecule has 0 radical (unpaired) electrons. The molecule has 2 N–H and O–H groups in total. The fourth-order valence-electron chi connectivity index (χ4n) is 1.55. The van der Waals surface area contributed by atoms with Gasteiger partial charge in [-0.2, -0.15) is 0 Å².